The van der Waals surface area contributed by atoms with Gasteiger partial charge >= 0.3 is 0 Å². The van der Waals surface area contributed by atoms with Gasteiger partial charge in [-0.3, -0.25) is 0 Å². The van der Waals surface area contributed by atoms with Gasteiger partial charge in [0.15, 0.2) is 0 Å². The van der Waals surface area contributed by atoms with Crippen molar-refractivity contribution in [2.45, 2.75) is 33.1 Å². The summed E-state index contributed by atoms with van der Waals surface area (Å²) in [6.07, 6.45) is 3.26. The molecular weight excluding hydrogens is 300 g/mol. The van der Waals surface area contributed by atoms with Crippen molar-refractivity contribution in [1.82, 2.24) is 9.97 Å². The molecule has 130 valence electrons. The van der Waals surface area contributed by atoms with Crippen LogP contribution in [0.2, 0.25) is 0 Å². The lowest BCUT2D eigenvalue weighted by atomic mass is 10.1. The molecule has 0 saturated heterocycles. The van der Waals surface area contributed by atoms with Crippen molar-refractivity contribution in [3.63, 3.8) is 0 Å². The second-order valence-corrected chi connectivity index (χ2v) is 5.99. The molecule has 0 spiro atoms. The van der Waals surface area contributed by atoms with Gasteiger partial charge in [-0.15, -0.1) is 0 Å². The van der Waals surface area contributed by atoms with Crippen LogP contribution in [-0.4, -0.2) is 37.2 Å². The number of rotatable bonds is 9. The van der Waals surface area contributed by atoms with Gasteiger partial charge in [-0.25, -0.2) is 4.98 Å². The van der Waals surface area contributed by atoms with Gasteiger partial charge < -0.3 is 15.0 Å². The lowest BCUT2D eigenvalue weighted by Crippen LogP contribution is -2.22. The number of ether oxygens (including phenoxy) is 1. The number of methoxy groups -OCH3 is 1. The number of aromatic nitrogens is 2. The SMILES string of the molecule is CCCCN(C)c1nc(C)cc(NCCc2ccc(OC)cc2)n1. The highest BCUT2D eigenvalue weighted by molar-refractivity contribution is 5.43. The highest BCUT2D eigenvalue weighted by Crippen LogP contribution is 2.14. The molecule has 0 aliphatic heterocycles. The van der Waals surface area contributed by atoms with Gasteiger partial charge in [-0.2, -0.15) is 4.98 Å². The number of unbranched alkanes of at least 4 members (excludes halogenated alkanes) is 1. The van der Waals surface area contributed by atoms with Crippen molar-refractivity contribution in [2.24, 2.45) is 0 Å². The molecule has 1 aromatic heterocycles. The Hall–Kier alpha value is -2.30. The van der Waals surface area contributed by atoms with Gasteiger partial charge in [0.2, 0.25) is 5.95 Å². The zero-order valence-electron chi connectivity index (χ0n) is 15.2. The molecule has 24 heavy (non-hydrogen) atoms. The first kappa shape index (κ1) is 18.0. The fourth-order valence-electron chi connectivity index (χ4n) is 2.44. The third-order valence-corrected chi connectivity index (χ3v) is 3.91. The molecule has 0 aliphatic carbocycles. The van der Waals surface area contributed by atoms with Crippen LogP contribution < -0.4 is 15.0 Å². The Kier molecular flexibility index (Phi) is 6.85. The van der Waals surface area contributed by atoms with Gasteiger partial charge in [-0.1, -0.05) is 25.5 Å². The van der Waals surface area contributed by atoms with Gasteiger partial charge in [0.25, 0.3) is 0 Å². The monoisotopic (exact) mass is 328 g/mol. The molecule has 0 radical (unpaired) electrons. The summed E-state index contributed by atoms with van der Waals surface area (Å²) in [7, 11) is 3.73. The molecule has 0 unspecified atom stereocenters. The molecule has 0 atom stereocenters. The van der Waals surface area contributed by atoms with Crippen LogP contribution in [0.1, 0.15) is 31.0 Å². The van der Waals surface area contributed by atoms with E-state index in [0.29, 0.717) is 0 Å². The Morgan fingerprint density at radius 2 is 1.92 bits per heavy atom. The maximum atomic E-state index is 5.18. The lowest BCUT2D eigenvalue weighted by molar-refractivity contribution is 0.414. The molecular formula is C19H28N4O. The molecule has 1 heterocycles. The summed E-state index contributed by atoms with van der Waals surface area (Å²) >= 11 is 0. The molecule has 1 N–H and O–H groups in total. The van der Waals surface area contributed by atoms with E-state index in [0.717, 1.165) is 49.1 Å². The third kappa shape index (κ3) is 5.41. The van der Waals surface area contributed by atoms with Crippen molar-refractivity contribution in [3.8, 4) is 5.75 Å². The van der Waals surface area contributed by atoms with E-state index >= 15 is 0 Å². The summed E-state index contributed by atoms with van der Waals surface area (Å²) in [5.74, 6) is 2.56. The minimum atomic E-state index is 0.787. The van der Waals surface area contributed by atoms with Gasteiger partial charge in [0.1, 0.15) is 11.6 Å². The third-order valence-electron chi connectivity index (χ3n) is 3.91. The zero-order chi connectivity index (χ0) is 17.4. The fraction of sp³-hybridized carbons (Fsp3) is 0.474. The molecule has 1 aromatic carbocycles. The van der Waals surface area contributed by atoms with Crippen LogP contribution in [-0.2, 0) is 6.42 Å². The van der Waals surface area contributed by atoms with E-state index in [4.69, 9.17) is 4.74 Å². The summed E-state index contributed by atoms with van der Waals surface area (Å²) in [6, 6.07) is 10.2. The first-order valence-electron chi connectivity index (χ1n) is 8.56. The molecule has 2 aromatic rings. The Morgan fingerprint density at radius 3 is 2.58 bits per heavy atom. The summed E-state index contributed by atoms with van der Waals surface area (Å²) in [6.45, 7) is 6.01. The standard InChI is InChI=1S/C19H28N4O/c1-5-6-13-23(3)19-21-15(2)14-18(22-19)20-12-11-16-7-9-17(24-4)10-8-16/h7-10,14H,5-6,11-13H2,1-4H3,(H,20,21,22). The Bertz CT molecular complexity index is 628. The van der Waals surface area contributed by atoms with Gasteiger partial charge in [0, 0.05) is 31.9 Å². The normalized spacial score (nSPS) is 10.5. The first-order valence-corrected chi connectivity index (χ1v) is 8.56. The Balaban J connectivity index is 1.92. The van der Waals surface area contributed by atoms with Crippen LogP contribution in [0.25, 0.3) is 0 Å². The summed E-state index contributed by atoms with van der Waals surface area (Å²) in [4.78, 5) is 11.3. The second kappa shape index (κ2) is 9.11. The number of hydrogen-bond donors (Lipinski definition) is 1. The van der Waals surface area contributed by atoms with Crippen molar-refractivity contribution in [1.29, 1.82) is 0 Å². The molecule has 0 fully saturated rings. The zero-order valence-corrected chi connectivity index (χ0v) is 15.2. The van der Waals surface area contributed by atoms with E-state index < -0.39 is 0 Å². The van der Waals surface area contributed by atoms with Crippen molar-refractivity contribution in [2.75, 3.05) is 37.5 Å². The van der Waals surface area contributed by atoms with Gasteiger partial charge in [-0.05, 0) is 37.5 Å². The predicted octanol–water partition coefficient (Wildman–Crippen LogP) is 3.68. The maximum absolute atomic E-state index is 5.18. The highest BCUT2D eigenvalue weighted by atomic mass is 16.5. The average molecular weight is 328 g/mol. The predicted molar refractivity (Wildman–Crippen MR) is 100 cm³/mol. The molecule has 0 aliphatic rings. The number of hydrogen-bond acceptors (Lipinski definition) is 5. The van der Waals surface area contributed by atoms with E-state index in [9.17, 15) is 0 Å². The van der Waals surface area contributed by atoms with E-state index in [1.807, 2.05) is 32.2 Å². The van der Waals surface area contributed by atoms with Crippen molar-refractivity contribution >= 4 is 11.8 Å². The van der Waals surface area contributed by atoms with E-state index in [1.165, 1.54) is 12.0 Å². The number of nitrogens with one attached hydrogen (secondary N) is 1. The molecule has 0 saturated carbocycles. The topological polar surface area (TPSA) is 50.3 Å². The molecule has 5 nitrogen and oxygen atoms in total. The largest absolute Gasteiger partial charge is 0.497 e. The summed E-state index contributed by atoms with van der Waals surface area (Å²) in [5, 5.41) is 3.40. The fourth-order valence-corrected chi connectivity index (χ4v) is 2.44. The van der Waals surface area contributed by atoms with Crippen LogP contribution >= 0.6 is 0 Å². The van der Waals surface area contributed by atoms with E-state index in [1.54, 1.807) is 7.11 Å². The number of benzene rings is 1. The van der Waals surface area contributed by atoms with Gasteiger partial charge in [0.05, 0.1) is 7.11 Å². The van der Waals surface area contributed by atoms with Crippen LogP contribution in [0, 0.1) is 6.92 Å². The molecule has 2 rings (SSSR count). The summed E-state index contributed by atoms with van der Waals surface area (Å²) in [5.41, 5.74) is 2.25. The number of nitrogens with zero attached hydrogens (tertiary/aromatic N) is 3. The quantitative estimate of drug-likeness (QED) is 0.761. The van der Waals surface area contributed by atoms with Crippen LogP contribution in [0.5, 0.6) is 5.75 Å². The number of aryl methyl sites for hydroxylation is 1. The molecule has 0 amide bonds. The number of anilines is 2. The average Bonchev–Trinajstić information content (AvgIpc) is 2.59. The van der Waals surface area contributed by atoms with Crippen LogP contribution in [0.4, 0.5) is 11.8 Å². The van der Waals surface area contributed by atoms with E-state index in [2.05, 4.69) is 39.2 Å². The van der Waals surface area contributed by atoms with Crippen molar-refractivity contribution in [3.05, 3.63) is 41.6 Å². The Labute approximate surface area is 145 Å². The smallest absolute Gasteiger partial charge is 0.227 e. The molecule has 0 bridgehead atoms. The van der Waals surface area contributed by atoms with Crippen molar-refractivity contribution < 1.29 is 4.74 Å². The lowest BCUT2D eigenvalue weighted by Gasteiger charge is -2.18. The van der Waals surface area contributed by atoms with Crippen LogP contribution in [0.15, 0.2) is 30.3 Å². The molecule has 5 heteroatoms. The highest BCUT2D eigenvalue weighted by Gasteiger charge is 2.07. The maximum Gasteiger partial charge on any atom is 0.227 e. The Morgan fingerprint density at radius 1 is 1.17 bits per heavy atom. The summed E-state index contributed by atoms with van der Waals surface area (Å²) < 4.78 is 5.18. The van der Waals surface area contributed by atoms with Crippen LogP contribution in [0.3, 0.4) is 0 Å². The second-order valence-electron chi connectivity index (χ2n) is 5.99. The first-order chi connectivity index (χ1) is 11.6. The minimum absolute atomic E-state index is 0.787. The minimum Gasteiger partial charge on any atom is -0.497 e. The van der Waals surface area contributed by atoms with E-state index in [-0.39, 0.29) is 0 Å².